The Balaban J connectivity index is 2.23. The first-order valence-corrected chi connectivity index (χ1v) is 7.81. The van der Waals surface area contributed by atoms with Gasteiger partial charge in [0.1, 0.15) is 4.49 Å². The molecular weight excluding hydrogens is 379 g/mol. The highest BCUT2D eigenvalue weighted by Crippen LogP contribution is 2.61. The average Bonchev–Trinajstić information content (AvgIpc) is 2.84. The number of hydrogen-bond acceptors (Lipinski definition) is 1. The second kappa shape index (κ2) is 6.34. The highest BCUT2D eigenvalue weighted by molar-refractivity contribution is 6.55. The Morgan fingerprint density at radius 1 is 1.30 bits per heavy atom. The Morgan fingerprint density at radius 3 is 2.43 bits per heavy atom. The number of benzene rings is 1. The van der Waals surface area contributed by atoms with Gasteiger partial charge in [0.05, 0.1) is 5.02 Å². The van der Waals surface area contributed by atoms with E-state index >= 15 is 0 Å². The molecule has 1 aromatic carbocycles. The molecule has 1 nitrogen and oxygen atoms in total. The van der Waals surface area contributed by atoms with E-state index < -0.39 is 23.0 Å². The van der Waals surface area contributed by atoms with Crippen molar-refractivity contribution >= 4 is 34.8 Å². The van der Waals surface area contributed by atoms with Gasteiger partial charge in [-0.05, 0) is 41.4 Å². The van der Waals surface area contributed by atoms with Crippen molar-refractivity contribution in [1.82, 2.24) is 0 Å². The maximum atomic E-state index is 13.7. The first kappa shape index (κ1) is 18.7. The predicted octanol–water partition coefficient (Wildman–Crippen LogP) is 6.51. The van der Waals surface area contributed by atoms with Gasteiger partial charge in [-0.25, -0.2) is 4.39 Å². The number of allylic oxidation sites excluding steroid dienone is 1. The van der Waals surface area contributed by atoms with Gasteiger partial charge in [0.2, 0.25) is 0 Å². The standard InChI is InChI=1S/C15H13Cl3F4O/c1-14(2)8(9(14)6-12(17)18)3-7-4-10(16)13(19)11(5-7)23-15(20,21)22/h4-6,8-9H,3H2,1-2H3. The smallest absolute Gasteiger partial charge is 0.403 e. The van der Waals surface area contributed by atoms with Crippen LogP contribution in [-0.4, -0.2) is 6.36 Å². The molecule has 1 fully saturated rings. The largest absolute Gasteiger partial charge is 0.573 e. The van der Waals surface area contributed by atoms with Gasteiger partial charge in [-0.15, -0.1) is 13.2 Å². The van der Waals surface area contributed by atoms with Crippen molar-refractivity contribution in [3.8, 4) is 5.75 Å². The second-order valence-electron chi connectivity index (χ2n) is 6.05. The zero-order valence-electron chi connectivity index (χ0n) is 12.1. The summed E-state index contributed by atoms with van der Waals surface area (Å²) in [6, 6.07) is 2.32. The van der Waals surface area contributed by atoms with E-state index in [0.29, 0.717) is 12.0 Å². The monoisotopic (exact) mass is 390 g/mol. The van der Waals surface area contributed by atoms with Crippen LogP contribution in [0.4, 0.5) is 17.6 Å². The van der Waals surface area contributed by atoms with Gasteiger partial charge >= 0.3 is 6.36 Å². The minimum Gasteiger partial charge on any atom is -0.403 e. The molecule has 0 bridgehead atoms. The van der Waals surface area contributed by atoms with Crippen LogP contribution >= 0.6 is 34.8 Å². The van der Waals surface area contributed by atoms with E-state index in [4.69, 9.17) is 34.8 Å². The fourth-order valence-electron chi connectivity index (χ4n) is 2.83. The summed E-state index contributed by atoms with van der Waals surface area (Å²) < 4.78 is 54.5. The molecule has 128 valence electrons. The summed E-state index contributed by atoms with van der Waals surface area (Å²) in [5, 5.41) is -0.414. The minimum atomic E-state index is -4.99. The third-order valence-corrected chi connectivity index (χ3v) is 4.71. The van der Waals surface area contributed by atoms with Crippen LogP contribution in [0.15, 0.2) is 22.7 Å². The van der Waals surface area contributed by atoms with Crippen LogP contribution in [0.1, 0.15) is 19.4 Å². The lowest BCUT2D eigenvalue weighted by atomic mass is 10.0. The summed E-state index contributed by atoms with van der Waals surface area (Å²) in [6.45, 7) is 3.99. The van der Waals surface area contributed by atoms with Crippen molar-refractivity contribution < 1.29 is 22.3 Å². The molecule has 2 unspecified atom stereocenters. The number of ether oxygens (including phenoxy) is 1. The molecule has 2 atom stereocenters. The summed E-state index contributed by atoms with van der Waals surface area (Å²) >= 11 is 17.0. The van der Waals surface area contributed by atoms with Crippen molar-refractivity contribution in [1.29, 1.82) is 0 Å². The highest BCUT2D eigenvalue weighted by Gasteiger charge is 2.55. The van der Waals surface area contributed by atoms with E-state index in [1.165, 1.54) is 6.07 Å². The van der Waals surface area contributed by atoms with Crippen molar-refractivity contribution in [2.24, 2.45) is 17.3 Å². The van der Waals surface area contributed by atoms with Crippen LogP contribution in [0, 0.1) is 23.1 Å². The van der Waals surface area contributed by atoms with Gasteiger partial charge in [-0.1, -0.05) is 54.7 Å². The Hall–Kier alpha value is -0.650. The molecule has 1 saturated carbocycles. The van der Waals surface area contributed by atoms with Crippen molar-refractivity contribution in [2.45, 2.75) is 26.6 Å². The molecule has 1 aliphatic rings. The molecule has 0 amide bonds. The van der Waals surface area contributed by atoms with E-state index in [0.717, 1.165) is 6.07 Å². The minimum absolute atomic E-state index is 0.0864. The summed E-state index contributed by atoms with van der Waals surface area (Å²) in [7, 11) is 0. The quantitative estimate of drug-likeness (QED) is 0.532. The molecule has 23 heavy (non-hydrogen) atoms. The number of halogens is 7. The van der Waals surface area contributed by atoms with E-state index in [-0.39, 0.29) is 21.7 Å². The zero-order chi connectivity index (χ0) is 17.6. The third-order valence-electron chi connectivity index (χ3n) is 4.18. The maximum Gasteiger partial charge on any atom is 0.573 e. The van der Waals surface area contributed by atoms with Crippen molar-refractivity contribution in [2.75, 3.05) is 0 Å². The average molecular weight is 392 g/mol. The summed E-state index contributed by atoms with van der Waals surface area (Å²) in [4.78, 5) is 0. The Labute approximate surface area is 146 Å². The lowest BCUT2D eigenvalue weighted by Gasteiger charge is -2.12. The van der Waals surface area contributed by atoms with Gasteiger partial charge in [-0.3, -0.25) is 0 Å². The Kier molecular flexibility index (Phi) is 5.15. The molecule has 1 aromatic rings. The van der Waals surface area contributed by atoms with Crippen molar-refractivity contribution in [3.63, 3.8) is 0 Å². The Bertz CT molecular complexity index is 636. The summed E-state index contributed by atoms with van der Waals surface area (Å²) in [6.07, 6.45) is -2.88. The van der Waals surface area contributed by atoms with Gasteiger partial charge in [0.15, 0.2) is 11.6 Å². The van der Waals surface area contributed by atoms with Crippen LogP contribution in [0.5, 0.6) is 5.75 Å². The number of alkyl halides is 3. The van der Waals surface area contributed by atoms with E-state index in [1.54, 1.807) is 6.08 Å². The van der Waals surface area contributed by atoms with Gasteiger partial charge in [0, 0.05) is 0 Å². The molecule has 0 radical (unpaired) electrons. The second-order valence-corrected chi connectivity index (χ2v) is 7.47. The predicted molar refractivity (Wildman–Crippen MR) is 82.3 cm³/mol. The third kappa shape index (κ3) is 4.46. The molecule has 0 aromatic heterocycles. The molecule has 1 aliphatic carbocycles. The Morgan fingerprint density at radius 2 is 1.91 bits per heavy atom. The highest BCUT2D eigenvalue weighted by atomic mass is 35.5. The van der Waals surface area contributed by atoms with Crippen LogP contribution < -0.4 is 4.74 Å². The van der Waals surface area contributed by atoms with Crippen molar-refractivity contribution in [3.05, 3.63) is 39.1 Å². The van der Waals surface area contributed by atoms with Gasteiger partial charge in [0.25, 0.3) is 0 Å². The van der Waals surface area contributed by atoms with Gasteiger partial charge < -0.3 is 4.74 Å². The normalized spacial score (nSPS) is 22.7. The van der Waals surface area contributed by atoms with E-state index in [1.807, 2.05) is 13.8 Å². The van der Waals surface area contributed by atoms with Crippen LogP contribution in [0.3, 0.4) is 0 Å². The molecule has 0 aliphatic heterocycles. The lowest BCUT2D eigenvalue weighted by Crippen LogP contribution is -2.18. The van der Waals surface area contributed by atoms with Crippen LogP contribution in [0.25, 0.3) is 0 Å². The fourth-order valence-corrected chi connectivity index (χ4v) is 3.34. The SMILES string of the molecule is CC1(C)C(C=C(Cl)Cl)C1Cc1cc(Cl)c(F)c(OC(F)(F)F)c1. The molecule has 2 rings (SSSR count). The lowest BCUT2D eigenvalue weighted by molar-refractivity contribution is -0.275. The summed E-state index contributed by atoms with van der Waals surface area (Å²) in [5.74, 6) is -1.97. The molecular formula is C15H13Cl3F4O. The van der Waals surface area contributed by atoms with Crippen LogP contribution in [0.2, 0.25) is 5.02 Å². The van der Waals surface area contributed by atoms with E-state index in [9.17, 15) is 17.6 Å². The van der Waals surface area contributed by atoms with Crippen LogP contribution in [-0.2, 0) is 6.42 Å². The fraction of sp³-hybridized carbons (Fsp3) is 0.467. The zero-order valence-corrected chi connectivity index (χ0v) is 14.4. The maximum absolute atomic E-state index is 13.7. The molecule has 0 N–H and O–H groups in total. The molecule has 0 saturated heterocycles. The first-order valence-electron chi connectivity index (χ1n) is 6.68. The van der Waals surface area contributed by atoms with Gasteiger partial charge in [-0.2, -0.15) is 0 Å². The van der Waals surface area contributed by atoms with E-state index in [2.05, 4.69) is 4.74 Å². The number of rotatable bonds is 4. The summed E-state index contributed by atoms with van der Waals surface area (Å²) in [5.41, 5.74) is 0.344. The molecule has 0 heterocycles. The molecule has 0 spiro atoms. The number of hydrogen-bond donors (Lipinski definition) is 0. The first-order chi connectivity index (χ1) is 10.4. The topological polar surface area (TPSA) is 9.23 Å². The molecule has 8 heteroatoms.